The third-order valence-corrected chi connectivity index (χ3v) is 4.04. The van der Waals surface area contributed by atoms with E-state index in [1.165, 1.54) is 38.5 Å². The summed E-state index contributed by atoms with van der Waals surface area (Å²) in [6.07, 6.45) is 8.33. The van der Waals surface area contributed by atoms with Crippen molar-refractivity contribution in [2.75, 3.05) is 33.4 Å². The minimum absolute atomic E-state index is 0.550. The van der Waals surface area contributed by atoms with Crippen molar-refractivity contribution in [2.24, 2.45) is 11.7 Å². The topological polar surface area (TPSA) is 38.5 Å². The monoisotopic (exact) mass is 242 g/mol. The van der Waals surface area contributed by atoms with Crippen molar-refractivity contribution in [3.63, 3.8) is 0 Å². The second kappa shape index (κ2) is 8.90. The van der Waals surface area contributed by atoms with E-state index in [0.29, 0.717) is 6.04 Å². The van der Waals surface area contributed by atoms with Crippen LogP contribution in [-0.2, 0) is 4.74 Å². The Morgan fingerprint density at radius 1 is 1.24 bits per heavy atom. The van der Waals surface area contributed by atoms with Crippen LogP contribution in [0.3, 0.4) is 0 Å². The first-order valence-electron chi connectivity index (χ1n) is 7.27. The number of rotatable bonds is 7. The van der Waals surface area contributed by atoms with Crippen LogP contribution in [-0.4, -0.2) is 44.3 Å². The molecule has 1 rings (SSSR count). The van der Waals surface area contributed by atoms with Gasteiger partial charge in [0.15, 0.2) is 0 Å². The van der Waals surface area contributed by atoms with Gasteiger partial charge >= 0.3 is 0 Å². The van der Waals surface area contributed by atoms with Gasteiger partial charge in [0, 0.05) is 25.7 Å². The van der Waals surface area contributed by atoms with Crippen LogP contribution in [0.25, 0.3) is 0 Å². The maximum Gasteiger partial charge on any atom is 0.0593 e. The molecule has 3 heteroatoms. The summed E-state index contributed by atoms with van der Waals surface area (Å²) in [6, 6.07) is 0.550. The van der Waals surface area contributed by atoms with Gasteiger partial charge in [0.2, 0.25) is 0 Å². The van der Waals surface area contributed by atoms with Gasteiger partial charge in [-0.05, 0) is 32.7 Å². The lowest BCUT2D eigenvalue weighted by molar-refractivity contribution is 0.0904. The highest BCUT2D eigenvalue weighted by molar-refractivity contribution is 4.80. The van der Waals surface area contributed by atoms with E-state index in [1.54, 1.807) is 0 Å². The smallest absolute Gasteiger partial charge is 0.0593 e. The molecule has 1 aliphatic rings. The first-order valence-corrected chi connectivity index (χ1v) is 7.27. The summed E-state index contributed by atoms with van der Waals surface area (Å²) in [7, 11) is 2.20. The molecule has 2 N–H and O–H groups in total. The summed E-state index contributed by atoms with van der Waals surface area (Å²) in [5, 5.41) is 0. The summed E-state index contributed by atoms with van der Waals surface area (Å²) < 4.78 is 5.43. The molecule has 0 aromatic heterocycles. The molecular weight excluding hydrogens is 212 g/mol. The van der Waals surface area contributed by atoms with Gasteiger partial charge in [-0.25, -0.2) is 0 Å². The Morgan fingerprint density at radius 2 is 1.88 bits per heavy atom. The second-order valence-corrected chi connectivity index (χ2v) is 5.23. The van der Waals surface area contributed by atoms with E-state index in [-0.39, 0.29) is 0 Å². The average molecular weight is 242 g/mol. The minimum atomic E-state index is 0.550. The standard InChI is InChI=1S/C14H30N2O/c1-3-17-11-10-16(2)14(12-15)13-8-6-4-5-7-9-13/h13-14H,3-12,15H2,1-2H3. The Morgan fingerprint density at radius 3 is 2.41 bits per heavy atom. The zero-order valence-corrected chi connectivity index (χ0v) is 11.7. The lowest BCUT2D eigenvalue weighted by Gasteiger charge is -2.33. The molecule has 1 fully saturated rings. The number of ether oxygens (including phenoxy) is 1. The molecule has 1 unspecified atom stereocenters. The van der Waals surface area contributed by atoms with Crippen molar-refractivity contribution in [3.05, 3.63) is 0 Å². The van der Waals surface area contributed by atoms with Gasteiger partial charge in [-0.3, -0.25) is 4.90 Å². The Balaban J connectivity index is 2.38. The van der Waals surface area contributed by atoms with Crippen LogP contribution < -0.4 is 5.73 Å². The van der Waals surface area contributed by atoms with E-state index in [4.69, 9.17) is 10.5 Å². The Bertz CT molecular complexity index is 179. The molecule has 1 atom stereocenters. The summed E-state index contributed by atoms with van der Waals surface area (Å²) in [6.45, 7) is 5.48. The summed E-state index contributed by atoms with van der Waals surface area (Å²) in [5.41, 5.74) is 5.98. The first-order chi connectivity index (χ1) is 8.29. The van der Waals surface area contributed by atoms with Crippen molar-refractivity contribution in [1.29, 1.82) is 0 Å². The van der Waals surface area contributed by atoms with Gasteiger partial charge in [-0.15, -0.1) is 0 Å². The van der Waals surface area contributed by atoms with Crippen LogP contribution in [0, 0.1) is 5.92 Å². The third-order valence-electron chi connectivity index (χ3n) is 4.04. The van der Waals surface area contributed by atoms with E-state index >= 15 is 0 Å². The second-order valence-electron chi connectivity index (χ2n) is 5.23. The normalized spacial score (nSPS) is 20.5. The van der Waals surface area contributed by atoms with Crippen LogP contribution >= 0.6 is 0 Å². The number of hydrogen-bond donors (Lipinski definition) is 1. The molecule has 1 saturated carbocycles. The summed E-state index contributed by atoms with van der Waals surface area (Å²) in [5.74, 6) is 0.800. The van der Waals surface area contributed by atoms with Crippen LogP contribution in [0.15, 0.2) is 0 Å². The van der Waals surface area contributed by atoms with Crippen LogP contribution in [0.5, 0.6) is 0 Å². The maximum absolute atomic E-state index is 5.98. The first kappa shape index (κ1) is 14.9. The molecule has 0 aromatic rings. The molecule has 0 amide bonds. The zero-order valence-electron chi connectivity index (χ0n) is 11.7. The van der Waals surface area contributed by atoms with Gasteiger partial charge in [-0.1, -0.05) is 25.7 Å². The lowest BCUT2D eigenvalue weighted by atomic mass is 9.91. The average Bonchev–Trinajstić information content (AvgIpc) is 2.59. The molecule has 0 aliphatic heterocycles. The lowest BCUT2D eigenvalue weighted by Crippen LogP contribution is -2.44. The molecule has 102 valence electrons. The third kappa shape index (κ3) is 5.36. The van der Waals surface area contributed by atoms with Crippen molar-refractivity contribution in [1.82, 2.24) is 4.90 Å². The van der Waals surface area contributed by atoms with E-state index in [9.17, 15) is 0 Å². The van der Waals surface area contributed by atoms with E-state index < -0.39 is 0 Å². The van der Waals surface area contributed by atoms with Gasteiger partial charge in [0.25, 0.3) is 0 Å². The van der Waals surface area contributed by atoms with Crippen molar-refractivity contribution in [3.8, 4) is 0 Å². The van der Waals surface area contributed by atoms with Crippen LogP contribution in [0.2, 0.25) is 0 Å². The van der Waals surface area contributed by atoms with Gasteiger partial charge in [0.1, 0.15) is 0 Å². The molecule has 0 saturated heterocycles. The molecule has 3 nitrogen and oxygen atoms in total. The molecular formula is C14H30N2O. The minimum Gasteiger partial charge on any atom is -0.380 e. The molecule has 1 aliphatic carbocycles. The molecule has 0 aromatic carbocycles. The molecule has 17 heavy (non-hydrogen) atoms. The number of nitrogens with zero attached hydrogens (tertiary/aromatic N) is 1. The van der Waals surface area contributed by atoms with Gasteiger partial charge in [0.05, 0.1) is 6.61 Å². The number of likely N-dealkylation sites (N-methyl/N-ethyl adjacent to an activating group) is 1. The molecule has 0 spiro atoms. The predicted octanol–water partition coefficient (Wildman–Crippen LogP) is 2.25. The number of nitrogens with two attached hydrogens (primary N) is 1. The van der Waals surface area contributed by atoms with Crippen molar-refractivity contribution < 1.29 is 4.74 Å². The maximum atomic E-state index is 5.98. The highest BCUT2D eigenvalue weighted by Crippen LogP contribution is 2.27. The fourth-order valence-electron chi connectivity index (χ4n) is 2.95. The number of hydrogen-bond acceptors (Lipinski definition) is 3. The van der Waals surface area contributed by atoms with Crippen molar-refractivity contribution >= 4 is 0 Å². The van der Waals surface area contributed by atoms with Crippen LogP contribution in [0.1, 0.15) is 45.4 Å². The fourth-order valence-corrected chi connectivity index (χ4v) is 2.95. The molecule has 0 bridgehead atoms. The van der Waals surface area contributed by atoms with Gasteiger partial charge in [-0.2, -0.15) is 0 Å². The molecule has 0 radical (unpaired) electrons. The zero-order chi connectivity index (χ0) is 12.5. The highest BCUT2D eigenvalue weighted by Gasteiger charge is 2.24. The largest absolute Gasteiger partial charge is 0.380 e. The molecule has 0 heterocycles. The van der Waals surface area contributed by atoms with Crippen molar-refractivity contribution in [2.45, 2.75) is 51.5 Å². The summed E-state index contributed by atoms with van der Waals surface area (Å²) >= 11 is 0. The van der Waals surface area contributed by atoms with E-state index in [1.807, 2.05) is 6.92 Å². The van der Waals surface area contributed by atoms with Crippen LogP contribution in [0.4, 0.5) is 0 Å². The van der Waals surface area contributed by atoms with Gasteiger partial charge < -0.3 is 10.5 Å². The van der Waals surface area contributed by atoms with E-state index in [2.05, 4.69) is 11.9 Å². The Labute approximate surface area is 107 Å². The predicted molar refractivity (Wildman–Crippen MR) is 73.2 cm³/mol. The quantitative estimate of drug-likeness (QED) is 0.550. The van der Waals surface area contributed by atoms with E-state index in [0.717, 1.165) is 32.2 Å². The summed E-state index contributed by atoms with van der Waals surface area (Å²) in [4.78, 5) is 2.41. The fraction of sp³-hybridized carbons (Fsp3) is 1.00. The Kier molecular flexibility index (Phi) is 7.82. The SMILES string of the molecule is CCOCCN(C)C(CN)C1CCCCCC1. The highest BCUT2D eigenvalue weighted by atomic mass is 16.5. The Hall–Kier alpha value is -0.120.